The number of rotatable bonds is 15. The van der Waals surface area contributed by atoms with Gasteiger partial charge < -0.3 is 32.9 Å². The number of anilines is 1. The number of nitrogens with two attached hydrogens (primary N) is 3. The summed E-state index contributed by atoms with van der Waals surface area (Å²) in [4.78, 5) is 55.8. The van der Waals surface area contributed by atoms with Gasteiger partial charge in [0.1, 0.15) is 18.1 Å². The number of carbonyl (C=O) groups is 4. The molecular weight excluding hydrogens is 486 g/mol. The summed E-state index contributed by atoms with van der Waals surface area (Å²) in [5.41, 5.74) is 17.2. The molecule has 0 radical (unpaired) electrons. The van der Waals surface area contributed by atoms with E-state index in [-0.39, 0.29) is 18.9 Å². The SMILES string of the molecule is CSCC[C@H](N)C(=O)N[C@@H](CCCN=C(N)N)C(=O)N(c1ccccc1)[C@@H](C)C(=O)N[C@@H](C)C(=O)O. The number of hydrogen-bond donors (Lipinski definition) is 6. The summed E-state index contributed by atoms with van der Waals surface area (Å²) in [7, 11) is 0. The molecule has 9 N–H and O–H groups in total. The third-order valence-electron chi connectivity index (χ3n) is 5.30. The molecule has 4 atom stereocenters. The number of aliphatic carboxylic acids is 1. The van der Waals surface area contributed by atoms with Crippen molar-refractivity contribution in [1.29, 1.82) is 0 Å². The molecule has 0 aromatic heterocycles. The van der Waals surface area contributed by atoms with Crippen LogP contribution in [0.5, 0.6) is 0 Å². The average molecular weight is 524 g/mol. The van der Waals surface area contributed by atoms with Gasteiger partial charge in [0, 0.05) is 12.2 Å². The second kappa shape index (κ2) is 15.6. The maximum atomic E-state index is 13.8. The Bertz CT molecular complexity index is 911. The van der Waals surface area contributed by atoms with Gasteiger partial charge in [-0.05, 0) is 57.3 Å². The van der Waals surface area contributed by atoms with Gasteiger partial charge in [-0.1, -0.05) is 18.2 Å². The highest BCUT2D eigenvalue weighted by Crippen LogP contribution is 2.20. The topological polar surface area (TPSA) is 206 Å². The molecule has 0 unspecified atom stereocenters. The maximum absolute atomic E-state index is 13.8. The second-order valence-corrected chi connectivity index (χ2v) is 9.17. The molecule has 200 valence electrons. The third kappa shape index (κ3) is 10.1. The Morgan fingerprint density at radius 3 is 2.25 bits per heavy atom. The van der Waals surface area contributed by atoms with Crippen LogP contribution in [0, 0.1) is 0 Å². The van der Waals surface area contributed by atoms with Gasteiger partial charge in [0.25, 0.3) is 0 Å². The van der Waals surface area contributed by atoms with Crippen LogP contribution in [-0.2, 0) is 19.2 Å². The van der Waals surface area contributed by atoms with Crippen molar-refractivity contribution in [3.63, 3.8) is 0 Å². The highest BCUT2D eigenvalue weighted by Gasteiger charge is 2.34. The number of guanidine groups is 1. The van der Waals surface area contributed by atoms with Crippen molar-refractivity contribution in [1.82, 2.24) is 10.6 Å². The van der Waals surface area contributed by atoms with E-state index in [9.17, 15) is 19.2 Å². The fourth-order valence-corrected chi connectivity index (χ4v) is 3.72. The predicted molar refractivity (Wildman–Crippen MR) is 141 cm³/mol. The first-order valence-electron chi connectivity index (χ1n) is 11.5. The number of benzene rings is 1. The van der Waals surface area contributed by atoms with E-state index in [0.717, 1.165) is 0 Å². The van der Waals surface area contributed by atoms with Crippen LogP contribution in [0.4, 0.5) is 5.69 Å². The molecule has 0 saturated carbocycles. The Hall–Kier alpha value is -3.32. The molecule has 0 aliphatic rings. The monoisotopic (exact) mass is 523 g/mol. The molecule has 0 fully saturated rings. The van der Waals surface area contributed by atoms with Gasteiger partial charge in [0.15, 0.2) is 5.96 Å². The summed E-state index contributed by atoms with van der Waals surface area (Å²) in [5.74, 6) is -2.34. The van der Waals surface area contributed by atoms with Crippen molar-refractivity contribution >= 4 is 47.1 Å². The summed E-state index contributed by atoms with van der Waals surface area (Å²) >= 11 is 1.55. The Morgan fingerprint density at radius 1 is 1.06 bits per heavy atom. The van der Waals surface area contributed by atoms with E-state index in [1.54, 1.807) is 42.1 Å². The van der Waals surface area contributed by atoms with Gasteiger partial charge >= 0.3 is 5.97 Å². The average Bonchev–Trinajstić information content (AvgIpc) is 2.84. The first-order chi connectivity index (χ1) is 17.0. The highest BCUT2D eigenvalue weighted by atomic mass is 32.2. The highest BCUT2D eigenvalue weighted by molar-refractivity contribution is 7.98. The Labute approximate surface area is 215 Å². The molecule has 0 spiro atoms. The zero-order valence-corrected chi connectivity index (χ0v) is 21.7. The molecule has 12 nitrogen and oxygen atoms in total. The van der Waals surface area contributed by atoms with Crippen LogP contribution in [0.25, 0.3) is 0 Å². The van der Waals surface area contributed by atoms with Crippen LogP contribution in [0.1, 0.15) is 33.1 Å². The zero-order chi connectivity index (χ0) is 27.3. The first kappa shape index (κ1) is 30.7. The van der Waals surface area contributed by atoms with Crippen molar-refractivity contribution in [2.24, 2.45) is 22.2 Å². The van der Waals surface area contributed by atoms with Crippen LogP contribution in [-0.4, -0.2) is 77.5 Å². The molecule has 1 aromatic rings. The van der Waals surface area contributed by atoms with Crippen molar-refractivity contribution in [3.05, 3.63) is 30.3 Å². The van der Waals surface area contributed by atoms with Gasteiger partial charge in [0.2, 0.25) is 17.7 Å². The molecule has 0 saturated heterocycles. The van der Waals surface area contributed by atoms with Crippen LogP contribution >= 0.6 is 11.8 Å². The van der Waals surface area contributed by atoms with Crippen LogP contribution in [0.3, 0.4) is 0 Å². The van der Waals surface area contributed by atoms with Gasteiger partial charge in [0.05, 0.1) is 6.04 Å². The Morgan fingerprint density at radius 2 is 1.69 bits per heavy atom. The molecule has 1 rings (SSSR count). The van der Waals surface area contributed by atoms with Crippen molar-refractivity contribution < 1.29 is 24.3 Å². The van der Waals surface area contributed by atoms with E-state index in [4.69, 9.17) is 22.3 Å². The van der Waals surface area contributed by atoms with Gasteiger partial charge in [-0.3, -0.25) is 29.1 Å². The third-order valence-corrected chi connectivity index (χ3v) is 5.94. The van der Waals surface area contributed by atoms with Crippen LogP contribution in [0.2, 0.25) is 0 Å². The van der Waals surface area contributed by atoms with Crippen LogP contribution < -0.4 is 32.7 Å². The number of carbonyl (C=O) groups excluding carboxylic acids is 3. The molecule has 1 aromatic carbocycles. The van der Waals surface area contributed by atoms with Gasteiger partial charge in [-0.2, -0.15) is 11.8 Å². The van der Waals surface area contributed by atoms with E-state index in [0.29, 0.717) is 24.3 Å². The lowest BCUT2D eigenvalue weighted by Crippen LogP contribution is -2.58. The van der Waals surface area contributed by atoms with Gasteiger partial charge in [-0.25, -0.2) is 0 Å². The predicted octanol–water partition coefficient (Wildman–Crippen LogP) is -0.384. The fraction of sp³-hybridized carbons (Fsp3) is 0.522. The number of carboxylic acids is 1. The summed E-state index contributed by atoms with van der Waals surface area (Å²) in [6, 6.07) is 4.36. The minimum Gasteiger partial charge on any atom is -0.480 e. The second-order valence-electron chi connectivity index (χ2n) is 8.19. The molecule has 0 aliphatic carbocycles. The molecule has 0 bridgehead atoms. The number of amides is 3. The lowest BCUT2D eigenvalue weighted by atomic mass is 10.1. The molecular formula is C23H37N7O5S. The van der Waals surface area contributed by atoms with Crippen molar-refractivity contribution in [3.8, 4) is 0 Å². The summed E-state index contributed by atoms with van der Waals surface area (Å²) in [5, 5.41) is 14.3. The van der Waals surface area contributed by atoms with E-state index in [1.807, 2.05) is 6.26 Å². The fourth-order valence-electron chi connectivity index (χ4n) is 3.23. The van der Waals surface area contributed by atoms with Gasteiger partial charge in [-0.15, -0.1) is 0 Å². The lowest BCUT2D eigenvalue weighted by Gasteiger charge is -2.33. The minimum atomic E-state index is -1.21. The summed E-state index contributed by atoms with van der Waals surface area (Å²) in [6.07, 6.45) is 2.87. The quantitative estimate of drug-likeness (QED) is 0.100. The van der Waals surface area contributed by atoms with Crippen molar-refractivity contribution in [2.75, 3.05) is 23.5 Å². The standard InChI is InChI=1S/C23H37N7O5S/c1-14(22(34)35)28-19(31)15(2)30(16-8-5-4-6-9-16)21(33)18(10-7-12-27-23(25)26)29-20(32)17(24)11-13-36-3/h4-6,8-9,14-15,17-18H,7,10-13,24H2,1-3H3,(H,28,31)(H,29,32)(H,34,35)(H4,25,26,27)/t14-,15-,17-,18-/m0/s1. The zero-order valence-electron chi connectivity index (χ0n) is 20.8. The Balaban J connectivity index is 3.26. The Kier molecular flexibility index (Phi) is 13.3. The maximum Gasteiger partial charge on any atom is 0.325 e. The largest absolute Gasteiger partial charge is 0.480 e. The number of nitrogens with one attached hydrogen (secondary N) is 2. The lowest BCUT2D eigenvalue weighted by molar-refractivity contribution is -0.141. The van der Waals surface area contributed by atoms with Crippen LogP contribution in [0.15, 0.2) is 35.3 Å². The molecule has 0 aliphatic heterocycles. The normalized spacial score (nSPS) is 14.0. The summed E-state index contributed by atoms with van der Waals surface area (Å²) < 4.78 is 0. The number of aliphatic imine (C=N–C) groups is 1. The van der Waals surface area contributed by atoms with Crippen molar-refractivity contribution in [2.45, 2.75) is 57.3 Å². The van der Waals surface area contributed by atoms with E-state index in [2.05, 4.69) is 15.6 Å². The molecule has 36 heavy (non-hydrogen) atoms. The smallest absolute Gasteiger partial charge is 0.325 e. The number of hydrogen-bond acceptors (Lipinski definition) is 7. The summed E-state index contributed by atoms with van der Waals surface area (Å²) in [6.45, 7) is 3.04. The number of thioether (sulfide) groups is 1. The van der Waals surface area contributed by atoms with E-state index in [1.165, 1.54) is 18.7 Å². The number of para-hydroxylation sites is 1. The molecule has 13 heteroatoms. The number of carboxylic acid groups (broad SMARTS) is 1. The molecule has 3 amide bonds. The first-order valence-corrected chi connectivity index (χ1v) is 12.9. The van der Waals surface area contributed by atoms with E-state index < -0.39 is 47.9 Å². The minimum absolute atomic E-state index is 0.0928. The molecule has 0 heterocycles. The number of nitrogens with zero attached hydrogens (tertiary/aromatic N) is 2. The van der Waals surface area contributed by atoms with E-state index >= 15 is 0 Å².